The molecule has 0 saturated carbocycles. The van der Waals surface area contributed by atoms with Gasteiger partial charge in [-0.3, -0.25) is 9.69 Å². The van der Waals surface area contributed by atoms with Gasteiger partial charge >= 0.3 is 0 Å². The number of aryl methyl sites for hydroxylation is 1. The zero-order valence-electron chi connectivity index (χ0n) is 18.9. The van der Waals surface area contributed by atoms with Crippen LogP contribution in [-0.2, 0) is 13.1 Å². The molecule has 2 aliphatic rings. The van der Waals surface area contributed by atoms with Crippen LogP contribution in [0.5, 0.6) is 23.0 Å². The zero-order valence-corrected chi connectivity index (χ0v) is 18.9. The summed E-state index contributed by atoms with van der Waals surface area (Å²) >= 11 is 0. The van der Waals surface area contributed by atoms with E-state index in [0.717, 1.165) is 29.0 Å². The van der Waals surface area contributed by atoms with Crippen molar-refractivity contribution in [2.75, 3.05) is 21.0 Å². The number of benzene rings is 3. The van der Waals surface area contributed by atoms with E-state index in [0.29, 0.717) is 36.1 Å². The first kappa shape index (κ1) is 21.1. The minimum Gasteiger partial charge on any atom is -0.497 e. The van der Waals surface area contributed by atoms with Gasteiger partial charge in [-0.2, -0.15) is 0 Å². The van der Waals surface area contributed by atoms with Crippen LogP contribution in [-0.4, -0.2) is 31.6 Å². The molecule has 6 nitrogen and oxygen atoms in total. The molecular weight excluding hydrogens is 418 g/mol. The Bertz CT molecular complexity index is 1250. The van der Waals surface area contributed by atoms with Crippen molar-refractivity contribution in [2.24, 2.45) is 0 Å². The van der Waals surface area contributed by atoms with Gasteiger partial charge in [-0.1, -0.05) is 30.3 Å². The molecule has 2 aliphatic heterocycles. The Balaban J connectivity index is 1.47. The number of methoxy groups -OCH3 is 2. The number of ketones is 1. The first-order chi connectivity index (χ1) is 16.1. The summed E-state index contributed by atoms with van der Waals surface area (Å²) < 4.78 is 23.0. The first-order valence-corrected chi connectivity index (χ1v) is 10.8. The van der Waals surface area contributed by atoms with E-state index >= 15 is 0 Å². The minimum atomic E-state index is -0.136. The van der Waals surface area contributed by atoms with E-state index in [1.54, 1.807) is 26.4 Å². The van der Waals surface area contributed by atoms with Crippen molar-refractivity contribution in [3.8, 4) is 23.0 Å². The molecule has 0 N–H and O–H groups in total. The van der Waals surface area contributed by atoms with Gasteiger partial charge in [0.05, 0.1) is 25.3 Å². The lowest BCUT2D eigenvalue weighted by Crippen LogP contribution is -2.31. The molecular formula is C27H25NO5. The van der Waals surface area contributed by atoms with Gasteiger partial charge in [-0.15, -0.1) is 0 Å². The molecule has 33 heavy (non-hydrogen) atoms. The summed E-state index contributed by atoms with van der Waals surface area (Å²) in [4.78, 5) is 15.5. The molecule has 3 aromatic rings. The Hall–Kier alpha value is -3.77. The summed E-state index contributed by atoms with van der Waals surface area (Å²) in [5, 5.41) is 0. The van der Waals surface area contributed by atoms with E-state index in [4.69, 9.17) is 18.9 Å². The number of rotatable bonds is 5. The lowest BCUT2D eigenvalue weighted by Gasteiger charge is -2.30. The van der Waals surface area contributed by atoms with Gasteiger partial charge < -0.3 is 18.9 Å². The largest absolute Gasteiger partial charge is 0.497 e. The Labute approximate surface area is 193 Å². The summed E-state index contributed by atoms with van der Waals surface area (Å²) in [5.74, 6) is 2.77. The van der Waals surface area contributed by atoms with Crippen molar-refractivity contribution >= 4 is 11.9 Å². The van der Waals surface area contributed by atoms with Crippen molar-refractivity contribution in [2.45, 2.75) is 20.0 Å². The van der Waals surface area contributed by atoms with E-state index < -0.39 is 0 Å². The number of carbonyl (C=O) groups is 1. The third-order valence-electron chi connectivity index (χ3n) is 5.96. The zero-order chi connectivity index (χ0) is 22.9. The van der Waals surface area contributed by atoms with E-state index in [-0.39, 0.29) is 11.5 Å². The van der Waals surface area contributed by atoms with Crippen molar-refractivity contribution in [3.63, 3.8) is 0 Å². The van der Waals surface area contributed by atoms with Crippen molar-refractivity contribution in [1.29, 1.82) is 0 Å². The van der Waals surface area contributed by atoms with Crippen LogP contribution in [0.1, 0.15) is 32.6 Å². The number of allylic oxidation sites excluding steroid dienone is 1. The second-order valence-corrected chi connectivity index (χ2v) is 8.17. The number of ether oxygens (including phenoxy) is 4. The van der Waals surface area contributed by atoms with E-state index in [9.17, 15) is 4.79 Å². The highest BCUT2D eigenvalue weighted by Crippen LogP contribution is 2.44. The average molecular weight is 443 g/mol. The molecule has 0 atom stereocenters. The smallest absolute Gasteiger partial charge is 0.232 e. The van der Waals surface area contributed by atoms with Gasteiger partial charge in [0.25, 0.3) is 0 Å². The maximum Gasteiger partial charge on any atom is 0.232 e. The van der Waals surface area contributed by atoms with Crippen LogP contribution < -0.4 is 18.9 Å². The number of hydrogen-bond acceptors (Lipinski definition) is 6. The molecule has 2 heterocycles. The van der Waals surface area contributed by atoms with E-state index in [1.165, 1.54) is 5.56 Å². The quantitative estimate of drug-likeness (QED) is 0.519. The fraction of sp³-hybridized carbons (Fsp3) is 0.222. The second-order valence-electron chi connectivity index (χ2n) is 8.17. The van der Waals surface area contributed by atoms with Crippen LogP contribution >= 0.6 is 0 Å². The van der Waals surface area contributed by atoms with Crippen molar-refractivity contribution in [1.82, 2.24) is 4.90 Å². The fourth-order valence-electron chi connectivity index (χ4n) is 4.30. The van der Waals surface area contributed by atoms with Crippen molar-refractivity contribution < 1.29 is 23.7 Å². The molecule has 168 valence electrons. The van der Waals surface area contributed by atoms with Gasteiger partial charge in [0, 0.05) is 24.7 Å². The molecule has 0 spiro atoms. The molecule has 0 saturated heterocycles. The molecule has 0 bridgehead atoms. The standard InChI is InChI=1S/C27H25NO5/c1-17-11-23-21(15-28(16-32-23)14-18-7-5-4-6-8-18)27-25(17)26(29)24(33-27)12-19-9-10-20(30-2)13-22(19)31-3/h4-13H,14-16H2,1-3H3/b24-12-. The Morgan fingerprint density at radius 2 is 1.88 bits per heavy atom. The number of fused-ring (bicyclic) bond motifs is 3. The lowest BCUT2D eigenvalue weighted by atomic mass is 9.98. The second kappa shape index (κ2) is 8.64. The SMILES string of the molecule is COc1ccc(/C=C2\Oc3c4c(cc(C)c3C2=O)OCN(Cc2ccccc2)C4)c(OC)c1. The van der Waals surface area contributed by atoms with E-state index in [2.05, 4.69) is 17.0 Å². The molecule has 5 rings (SSSR count). The van der Waals surface area contributed by atoms with Gasteiger partial charge in [0.2, 0.25) is 5.78 Å². The van der Waals surface area contributed by atoms with E-state index in [1.807, 2.05) is 43.3 Å². The fourth-order valence-corrected chi connectivity index (χ4v) is 4.30. The number of hydrogen-bond donors (Lipinski definition) is 0. The molecule has 3 aromatic carbocycles. The molecule has 0 unspecified atom stereocenters. The maximum atomic E-state index is 13.3. The Morgan fingerprint density at radius 1 is 1.06 bits per heavy atom. The monoisotopic (exact) mass is 443 g/mol. The third-order valence-corrected chi connectivity index (χ3v) is 5.96. The molecule has 6 heteroatoms. The molecule has 0 amide bonds. The van der Waals surface area contributed by atoms with Crippen molar-refractivity contribution in [3.05, 3.63) is 88.2 Å². The Kier molecular flexibility index (Phi) is 5.52. The van der Waals surface area contributed by atoms with Crippen LogP contribution in [0.2, 0.25) is 0 Å². The lowest BCUT2D eigenvalue weighted by molar-refractivity contribution is 0.0872. The van der Waals surface area contributed by atoms with Crippen LogP contribution in [0.3, 0.4) is 0 Å². The number of Topliss-reactive ketones (excluding diaryl/α,β-unsaturated/α-hetero) is 1. The maximum absolute atomic E-state index is 13.3. The highest BCUT2D eigenvalue weighted by atomic mass is 16.5. The summed E-state index contributed by atoms with van der Waals surface area (Å²) in [6.07, 6.45) is 1.72. The number of nitrogens with zero attached hydrogens (tertiary/aromatic N) is 1. The molecule has 0 fully saturated rings. The van der Waals surface area contributed by atoms with Gasteiger partial charge in [-0.25, -0.2) is 0 Å². The predicted molar refractivity (Wildman–Crippen MR) is 125 cm³/mol. The van der Waals surface area contributed by atoms with Crippen LogP contribution in [0.25, 0.3) is 6.08 Å². The van der Waals surface area contributed by atoms with Gasteiger partial charge in [0.1, 0.15) is 29.7 Å². The average Bonchev–Trinajstić information content (AvgIpc) is 3.17. The normalized spacial score (nSPS) is 16.1. The van der Waals surface area contributed by atoms with Crippen LogP contribution in [0.15, 0.2) is 60.4 Å². The van der Waals surface area contributed by atoms with Crippen LogP contribution in [0, 0.1) is 6.92 Å². The molecule has 0 radical (unpaired) electrons. The first-order valence-electron chi connectivity index (χ1n) is 10.8. The third kappa shape index (κ3) is 3.94. The number of carbonyl (C=O) groups excluding carboxylic acids is 1. The molecule has 0 aliphatic carbocycles. The van der Waals surface area contributed by atoms with Gasteiger partial charge in [0.15, 0.2) is 5.76 Å². The summed E-state index contributed by atoms with van der Waals surface area (Å²) in [5.41, 5.74) is 4.28. The highest BCUT2D eigenvalue weighted by Gasteiger charge is 2.35. The van der Waals surface area contributed by atoms with Gasteiger partial charge in [-0.05, 0) is 42.3 Å². The molecule has 0 aromatic heterocycles. The topological polar surface area (TPSA) is 57.2 Å². The van der Waals surface area contributed by atoms with Crippen LogP contribution in [0.4, 0.5) is 0 Å². The Morgan fingerprint density at radius 3 is 2.64 bits per heavy atom. The predicted octanol–water partition coefficient (Wildman–Crippen LogP) is 4.98. The minimum absolute atomic E-state index is 0.136. The highest BCUT2D eigenvalue weighted by molar-refractivity contribution is 6.16. The summed E-state index contributed by atoms with van der Waals surface area (Å²) in [7, 11) is 3.18. The summed E-state index contributed by atoms with van der Waals surface area (Å²) in [6, 6.07) is 17.6. The summed E-state index contributed by atoms with van der Waals surface area (Å²) in [6.45, 7) is 3.79.